The van der Waals surface area contributed by atoms with Gasteiger partial charge in [0.15, 0.2) is 0 Å². The molecule has 0 nitrogen and oxygen atoms in total. The second-order valence-corrected chi connectivity index (χ2v) is 9.28. The van der Waals surface area contributed by atoms with Gasteiger partial charge in [-0.15, -0.1) is 0 Å². The molecular formula is C32H16. The summed E-state index contributed by atoms with van der Waals surface area (Å²) in [7, 11) is 0. The normalized spacial score (nSPS) is 13.0. The molecule has 0 aromatic heterocycles. The summed E-state index contributed by atoms with van der Waals surface area (Å²) in [6.45, 7) is 0. The summed E-state index contributed by atoms with van der Waals surface area (Å²) in [6, 6.07) is 36.6. The minimum absolute atomic E-state index is 1.32. The van der Waals surface area contributed by atoms with Crippen molar-refractivity contribution in [3.63, 3.8) is 0 Å². The summed E-state index contributed by atoms with van der Waals surface area (Å²) in [5.41, 5.74) is 0. The van der Waals surface area contributed by atoms with E-state index in [1.54, 1.807) is 0 Å². The molecule has 0 heteroatoms. The third-order valence-electron chi connectivity index (χ3n) is 7.82. The highest BCUT2D eigenvalue weighted by Gasteiger charge is 2.22. The van der Waals surface area contributed by atoms with Crippen molar-refractivity contribution in [1.82, 2.24) is 0 Å². The first-order chi connectivity index (χ1) is 15.9. The van der Waals surface area contributed by atoms with Crippen molar-refractivity contribution in [3.05, 3.63) is 97.1 Å². The molecule has 0 atom stereocenters. The average Bonchev–Trinajstić information content (AvgIpc) is 2.85. The molecule has 9 rings (SSSR count). The molecule has 0 aliphatic carbocycles. The van der Waals surface area contributed by atoms with Crippen LogP contribution in [-0.4, -0.2) is 0 Å². The first-order valence-electron chi connectivity index (χ1n) is 11.3. The Labute approximate surface area is 183 Å². The Morgan fingerprint density at radius 2 is 0.812 bits per heavy atom. The van der Waals surface area contributed by atoms with Crippen LogP contribution in [0.2, 0.25) is 0 Å². The lowest BCUT2D eigenvalue weighted by Crippen LogP contribution is -1.94. The predicted molar refractivity (Wildman–Crippen MR) is 140 cm³/mol. The van der Waals surface area contributed by atoms with Gasteiger partial charge in [0.1, 0.15) is 0 Å². The van der Waals surface area contributed by atoms with Gasteiger partial charge in [-0.25, -0.2) is 0 Å². The fourth-order valence-corrected chi connectivity index (χ4v) is 6.65. The van der Waals surface area contributed by atoms with Gasteiger partial charge in [0, 0.05) is 0 Å². The van der Waals surface area contributed by atoms with Crippen molar-refractivity contribution in [2.24, 2.45) is 0 Å². The minimum atomic E-state index is 1.32. The topological polar surface area (TPSA) is 0 Å². The maximum absolute atomic E-state index is 2.40. The summed E-state index contributed by atoms with van der Waals surface area (Å²) < 4.78 is 0. The van der Waals surface area contributed by atoms with Crippen LogP contribution in [0.15, 0.2) is 97.1 Å². The van der Waals surface area contributed by atoms with Crippen molar-refractivity contribution in [2.75, 3.05) is 0 Å². The van der Waals surface area contributed by atoms with Crippen LogP contribution in [0, 0.1) is 0 Å². The van der Waals surface area contributed by atoms with E-state index in [0.717, 1.165) is 0 Å². The van der Waals surface area contributed by atoms with E-state index >= 15 is 0 Å². The third kappa shape index (κ3) is 1.57. The molecule has 0 amide bonds. The summed E-state index contributed by atoms with van der Waals surface area (Å²) in [6.07, 6.45) is 0. The van der Waals surface area contributed by atoms with Gasteiger partial charge in [-0.2, -0.15) is 0 Å². The van der Waals surface area contributed by atoms with Gasteiger partial charge < -0.3 is 0 Å². The molecule has 32 heavy (non-hydrogen) atoms. The van der Waals surface area contributed by atoms with Gasteiger partial charge in [0.25, 0.3) is 0 Å². The van der Waals surface area contributed by atoms with Gasteiger partial charge in [0.05, 0.1) is 0 Å². The minimum Gasteiger partial charge on any atom is -0.0616 e. The molecule has 0 saturated heterocycles. The maximum atomic E-state index is 2.40. The standard InChI is InChI=1S/C32H16/c1-2-8-22-18(5-1)15-20-11-12-21-16-19-7-4-10-24-23-9-3-6-17-13-14-25-30(22)28(20)29(21)32(27(19)24)31(25)26(17)23/h1-16H. The maximum Gasteiger partial charge on any atom is -0.000137 e. The zero-order valence-electron chi connectivity index (χ0n) is 17.2. The van der Waals surface area contributed by atoms with E-state index in [1.807, 2.05) is 0 Å². The molecule has 144 valence electrons. The summed E-state index contributed by atoms with van der Waals surface area (Å²) in [5.74, 6) is 0. The highest BCUT2D eigenvalue weighted by Crippen LogP contribution is 2.51. The molecule has 0 N–H and O–H groups in total. The van der Waals surface area contributed by atoms with Gasteiger partial charge in [-0.1, -0.05) is 84.9 Å². The predicted octanol–water partition coefficient (Wildman–Crippen LogP) is 9.23. The van der Waals surface area contributed by atoms with Gasteiger partial charge in [-0.05, 0) is 98.3 Å². The fraction of sp³-hybridized carbons (Fsp3) is 0. The summed E-state index contributed by atoms with van der Waals surface area (Å²) in [4.78, 5) is 0. The second-order valence-electron chi connectivity index (χ2n) is 9.28. The van der Waals surface area contributed by atoms with Crippen molar-refractivity contribution < 1.29 is 0 Å². The van der Waals surface area contributed by atoms with Crippen LogP contribution >= 0.6 is 0 Å². The molecule has 9 aromatic carbocycles. The molecule has 0 aliphatic heterocycles. The van der Waals surface area contributed by atoms with E-state index in [2.05, 4.69) is 97.1 Å². The molecular weight excluding hydrogens is 384 g/mol. The Bertz CT molecular complexity index is 2180. The van der Waals surface area contributed by atoms with Crippen LogP contribution in [-0.2, 0) is 0 Å². The number of rotatable bonds is 0. The largest absolute Gasteiger partial charge is 0.0616 e. The Balaban J connectivity index is 1.83. The number of hydrogen-bond acceptors (Lipinski definition) is 0. The van der Waals surface area contributed by atoms with Gasteiger partial charge in [-0.3, -0.25) is 0 Å². The SMILES string of the molecule is c1ccc2c(c1)cc1ccc3cc4cccc5c6cccc7ccc8c2c1c3c(c45)c8c76. The average molecular weight is 400 g/mol. The molecule has 0 radical (unpaired) electrons. The highest BCUT2D eigenvalue weighted by atomic mass is 14.2. The van der Waals surface area contributed by atoms with Crippen molar-refractivity contribution >= 4 is 86.2 Å². The molecule has 0 spiro atoms. The number of hydrogen-bond donors (Lipinski definition) is 0. The van der Waals surface area contributed by atoms with Gasteiger partial charge in [0.2, 0.25) is 0 Å². The molecule has 9 aromatic rings. The lowest BCUT2D eigenvalue weighted by Gasteiger charge is -2.22. The van der Waals surface area contributed by atoms with E-state index in [4.69, 9.17) is 0 Å². The van der Waals surface area contributed by atoms with E-state index in [-0.39, 0.29) is 0 Å². The molecule has 0 saturated carbocycles. The summed E-state index contributed by atoms with van der Waals surface area (Å²) in [5, 5.41) is 22.1. The monoisotopic (exact) mass is 400 g/mol. The Kier molecular flexibility index (Phi) is 2.44. The van der Waals surface area contributed by atoms with Crippen molar-refractivity contribution in [2.45, 2.75) is 0 Å². The van der Waals surface area contributed by atoms with Crippen LogP contribution in [0.3, 0.4) is 0 Å². The first kappa shape index (κ1) is 15.6. The fourth-order valence-electron chi connectivity index (χ4n) is 6.65. The van der Waals surface area contributed by atoms with E-state index < -0.39 is 0 Å². The van der Waals surface area contributed by atoms with Gasteiger partial charge >= 0.3 is 0 Å². The lowest BCUT2D eigenvalue weighted by molar-refractivity contribution is 1.80. The van der Waals surface area contributed by atoms with E-state index in [9.17, 15) is 0 Å². The number of benzene rings is 9. The van der Waals surface area contributed by atoms with E-state index in [0.29, 0.717) is 0 Å². The zero-order chi connectivity index (χ0) is 20.6. The Hall–Kier alpha value is -4.16. The Morgan fingerprint density at radius 1 is 0.250 bits per heavy atom. The molecule has 0 bridgehead atoms. The van der Waals surface area contributed by atoms with E-state index in [1.165, 1.54) is 86.2 Å². The smallest absolute Gasteiger partial charge is 0.000137 e. The molecule has 0 aliphatic rings. The van der Waals surface area contributed by atoms with Crippen LogP contribution < -0.4 is 0 Å². The molecule has 0 fully saturated rings. The Morgan fingerprint density at radius 3 is 1.66 bits per heavy atom. The van der Waals surface area contributed by atoms with Crippen molar-refractivity contribution in [1.29, 1.82) is 0 Å². The zero-order valence-corrected chi connectivity index (χ0v) is 17.2. The van der Waals surface area contributed by atoms with Crippen LogP contribution in [0.5, 0.6) is 0 Å². The quantitative estimate of drug-likeness (QED) is 0.176. The number of fused-ring (bicyclic) bond motifs is 4. The van der Waals surface area contributed by atoms with Crippen LogP contribution in [0.4, 0.5) is 0 Å². The first-order valence-corrected chi connectivity index (χ1v) is 11.3. The summed E-state index contributed by atoms with van der Waals surface area (Å²) >= 11 is 0. The van der Waals surface area contributed by atoms with Crippen LogP contribution in [0.25, 0.3) is 86.2 Å². The van der Waals surface area contributed by atoms with Crippen LogP contribution in [0.1, 0.15) is 0 Å². The third-order valence-corrected chi connectivity index (χ3v) is 7.82. The highest BCUT2D eigenvalue weighted by molar-refractivity contribution is 6.49. The van der Waals surface area contributed by atoms with Crippen molar-refractivity contribution in [3.8, 4) is 0 Å². The lowest BCUT2D eigenvalue weighted by atomic mass is 9.80. The second kappa shape index (κ2) is 5.00. The molecule has 0 unspecified atom stereocenters. The molecule has 0 heterocycles.